The second-order valence-corrected chi connectivity index (χ2v) is 6.41. The quantitative estimate of drug-likeness (QED) is 0.853. The SMILES string of the molecule is CN1CCCC1C1CCCN1C(=O)COc1ccc(C#N)cc1. The van der Waals surface area contributed by atoms with Gasteiger partial charge in [-0.2, -0.15) is 5.26 Å². The molecule has 0 N–H and O–H groups in total. The average molecular weight is 313 g/mol. The first-order valence-electron chi connectivity index (χ1n) is 8.31. The third kappa shape index (κ3) is 3.48. The maximum atomic E-state index is 12.5. The highest BCUT2D eigenvalue weighted by molar-refractivity contribution is 5.78. The molecule has 2 unspecified atom stereocenters. The highest BCUT2D eigenvalue weighted by atomic mass is 16.5. The number of nitriles is 1. The third-order valence-corrected chi connectivity index (χ3v) is 4.99. The largest absolute Gasteiger partial charge is 0.484 e. The molecule has 3 rings (SSSR count). The van der Waals surface area contributed by atoms with Crippen LogP contribution in [-0.2, 0) is 4.79 Å². The van der Waals surface area contributed by atoms with Crippen molar-refractivity contribution in [3.63, 3.8) is 0 Å². The van der Waals surface area contributed by atoms with Crippen LogP contribution >= 0.6 is 0 Å². The molecule has 0 aliphatic carbocycles. The van der Waals surface area contributed by atoms with Crippen molar-refractivity contribution in [3.8, 4) is 11.8 Å². The summed E-state index contributed by atoms with van der Waals surface area (Å²) in [6.45, 7) is 2.04. The fourth-order valence-electron chi connectivity index (χ4n) is 3.78. The zero-order chi connectivity index (χ0) is 16.2. The summed E-state index contributed by atoms with van der Waals surface area (Å²) in [5, 5.41) is 8.79. The maximum absolute atomic E-state index is 12.5. The molecule has 122 valence electrons. The standard InChI is InChI=1S/C18H23N3O2/c1-20-10-2-4-16(20)17-5-3-11-21(17)18(22)13-23-15-8-6-14(12-19)7-9-15/h6-9,16-17H,2-5,10-11,13H2,1H3. The van der Waals surface area contributed by atoms with E-state index in [1.807, 2.05) is 4.90 Å². The van der Waals surface area contributed by atoms with Gasteiger partial charge in [0.25, 0.3) is 5.91 Å². The van der Waals surface area contributed by atoms with Crippen LogP contribution in [-0.4, -0.2) is 54.5 Å². The van der Waals surface area contributed by atoms with E-state index in [-0.39, 0.29) is 12.5 Å². The summed E-state index contributed by atoms with van der Waals surface area (Å²) in [6.07, 6.45) is 4.58. The van der Waals surface area contributed by atoms with Crippen molar-refractivity contribution >= 4 is 5.91 Å². The molecular formula is C18H23N3O2. The van der Waals surface area contributed by atoms with E-state index >= 15 is 0 Å². The molecule has 0 radical (unpaired) electrons. The van der Waals surface area contributed by atoms with Gasteiger partial charge in [0.15, 0.2) is 6.61 Å². The molecule has 1 amide bonds. The predicted molar refractivity (Wildman–Crippen MR) is 87.0 cm³/mol. The van der Waals surface area contributed by atoms with Crippen LogP contribution in [0.5, 0.6) is 5.75 Å². The van der Waals surface area contributed by atoms with Gasteiger partial charge < -0.3 is 14.5 Å². The lowest BCUT2D eigenvalue weighted by atomic mass is 10.0. The van der Waals surface area contributed by atoms with Gasteiger partial charge in [-0.05, 0) is 63.5 Å². The van der Waals surface area contributed by atoms with E-state index in [0.29, 0.717) is 23.4 Å². The van der Waals surface area contributed by atoms with Gasteiger partial charge in [0.05, 0.1) is 11.6 Å². The summed E-state index contributed by atoms with van der Waals surface area (Å²) in [4.78, 5) is 16.9. The lowest BCUT2D eigenvalue weighted by molar-refractivity contribution is -0.135. The molecule has 5 heteroatoms. The molecule has 0 spiro atoms. The average Bonchev–Trinajstić information content (AvgIpc) is 3.21. The fourth-order valence-corrected chi connectivity index (χ4v) is 3.78. The van der Waals surface area contributed by atoms with Crippen LogP contribution in [0.4, 0.5) is 0 Å². The van der Waals surface area contributed by atoms with Gasteiger partial charge in [0.2, 0.25) is 0 Å². The molecule has 0 saturated carbocycles. The molecule has 2 aliphatic heterocycles. The van der Waals surface area contributed by atoms with Crippen LogP contribution in [0, 0.1) is 11.3 Å². The molecule has 1 aromatic rings. The molecule has 2 aliphatic rings. The van der Waals surface area contributed by atoms with Crippen LogP contribution in [0.3, 0.4) is 0 Å². The molecule has 5 nitrogen and oxygen atoms in total. The first-order chi connectivity index (χ1) is 11.2. The van der Waals surface area contributed by atoms with E-state index in [1.54, 1.807) is 24.3 Å². The number of likely N-dealkylation sites (tertiary alicyclic amines) is 2. The number of likely N-dealkylation sites (N-methyl/N-ethyl adjacent to an activating group) is 1. The Morgan fingerprint density at radius 3 is 2.57 bits per heavy atom. The lowest BCUT2D eigenvalue weighted by Crippen LogP contribution is -2.48. The van der Waals surface area contributed by atoms with E-state index in [0.717, 1.165) is 25.9 Å². The zero-order valence-corrected chi connectivity index (χ0v) is 13.6. The van der Waals surface area contributed by atoms with Crippen LogP contribution in [0.15, 0.2) is 24.3 Å². The van der Waals surface area contributed by atoms with Gasteiger partial charge in [-0.15, -0.1) is 0 Å². The molecule has 2 atom stereocenters. The van der Waals surface area contributed by atoms with Crippen molar-refractivity contribution < 1.29 is 9.53 Å². The number of hydrogen-bond donors (Lipinski definition) is 0. The number of benzene rings is 1. The normalized spacial score (nSPS) is 24.6. The Morgan fingerprint density at radius 2 is 1.91 bits per heavy atom. The second-order valence-electron chi connectivity index (χ2n) is 6.41. The van der Waals surface area contributed by atoms with Gasteiger partial charge in [-0.25, -0.2) is 0 Å². The van der Waals surface area contributed by atoms with Gasteiger partial charge in [0.1, 0.15) is 5.75 Å². The Bertz CT molecular complexity index is 593. The Balaban J connectivity index is 1.57. The van der Waals surface area contributed by atoms with Gasteiger partial charge >= 0.3 is 0 Å². The first-order valence-corrected chi connectivity index (χ1v) is 8.31. The second kappa shape index (κ2) is 7.01. The molecule has 2 saturated heterocycles. The number of nitrogens with zero attached hydrogens (tertiary/aromatic N) is 3. The Kier molecular flexibility index (Phi) is 4.82. The summed E-state index contributed by atoms with van der Waals surface area (Å²) < 4.78 is 5.60. The molecule has 23 heavy (non-hydrogen) atoms. The predicted octanol–water partition coefficient (Wildman–Crippen LogP) is 2.02. The summed E-state index contributed by atoms with van der Waals surface area (Å²) in [7, 11) is 2.16. The molecule has 1 aromatic carbocycles. The Morgan fingerprint density at radius 1 is 1.22 bits per heavy atom. The number of hydrogen-bond acceptors (Lipinski definition) is 4. The van der Waals surface area contributed by atoms with Crippen LogP contribution in [0.25, 0.3) is 0 Å². The van der Waals surface area contributed by atoms with Crippen LogP contribution in [0.1, 0.15) is 31.2 Å². The van der Waals surface area contributed by atoms with Crippen molar-refractivity contribution in [3.05, 3.63) is 29.8 Å². The molecular weight excluding hydrogens is 290 g/mol. The minimum atomic E-state index is 0.0668. The minimum absolute atomic E-state index is 0.0668. The monoisotopic (exact) mass is 313 g/mol. The smallest absolute Gasteiger partial charge is 0.260 e. The number of carbonyl (C=O) groups excluding carboxylic acids is 1. The molecule has 0 bridgehead atoms. The van der Waals surface area contributed by atoms with E-state index < -0.39 is 0 Å². The van der Waals surface area contributed by atoms with E-state index in [4.69, 9.17) is 10.00 Å². The zero-order valence-electron chi connectivity index (χ0n) is 13.6. The highest BCUT2D eigenvalue weighted by Crippen LogP contribution is 2.29. The summed E-state index contributed by atoms with van der Waals surface area (Å²) in [5.41, 5.74) is 0.590. The van der Waals surface area contributed by atoms with E-state index in [9.17, 15) is 4.79 Å². The topological polar surface area (TPSA) is 56.6 Å². The minimum Gasteiger partial charge on any atom is -0.484 e. The van der Waals surface area contributed by atoms with E-state index in [2.05, 4.69) is 18.0 Å². The number of amides is 1. The summed E-state index contributed by atoms with van der Waals surface area (Å²) >= 11 is 0. The van der Waals surface area contributed by atoms with Crippen molar-refractivity contribution in [1.82, 2.24) is 9.80 Å². The van der Waals surface area contributed by atoms with Crippen molar-refractivity contribution in [1.29, 1.82) is 5.26 Å². The van der Waals surface area contributed by atoms with Gasteiger partial charge in [-0.3, -0.25) is 4.79 Å². The van der Waals surface area contributed by atoms with E-state index in [1.165, 1.54) is 12.8 Å². The Hall–Kier alpha value is -2.06. The van der Waals surface area contributed by atoms with Crippen LogP contribution in [0.2, 0.25) is 0 Å². The maximum Gasteiger partial charge on any atom is 0.260 e. The lowest BCUT2D eigenvalue weighted by Gasteiger charge is -2.33. The van der Waals surface area contributed by atoms with Gasteiger partial charge in [0, 0.05) is 18.6 Å². The number of ether oxygens (including phenoxy) is 1. The fraction of sp³-hybridized carbons (Fsp3) is 0.556. The summed E-state index contributed by atoms with van der Waals surface area (Å²) in [6, 6.07) is 9.77. The third-order valence-electron chi connectivity index (χ3n) is 4.99. The highest BCUT2D eigenvalue weighted by Gasteiger charge is 2.38. The van der Waals surface area contributed by atoms with Crippen LogP contribution < -0.4 is 4.74 Å². The first kappa shape index (κ1) is 15.8. The summed E-state index contributed by atoms with van der Waals surface area (Å²) in [5.74, 6) is 0.697. The molecule has 2 fully saturated rings. The van der Waals surface area contributed by atoms with Crippen molar-refractivity contribution in [2.45, 2.75) is 37.8 Å². The Labute approximate surface area is 137 Å². The van der Waals surface area contributed by atoms with Crippen molar-refractivity contribution in [2.75, 3.05) is 26.7 Å². The van der Waals surface area contributed by atoms with Crippen molar-refractivity contribution in [2.24, 2.45) is 0 Å². The number of rotatable bonds is 4. The molecule has 0 aromatic heterocycles. The molecule has 2 heterocycles. The number of carbonyl (C=O) groups is 1. The van der Waals surface area contributed by atoms with Gasteiger partial charge in [-0.1, -0.05) is 0 Å².